The molecule has 1 aliphatic rings. The van der Waals surface area contributed by atoms with Crippen molar-refractivity contribution in [2.75, 3.05) is 0 Å². The Morgan fingerprint density at radius 3 is 2.38 bits per heavy atom. The van der Waals surface area contributed by atoms with Gasteiger partial charge in [0, 0.05) is 15.8 Å². The van der Waals surface area contributed by atoms with Crippen LogP contribution in [0.4, 0.5) is 0 Å². The molecule has 2 aromatic rings. The lowest BCUT2D eigenvalue weighted by molar-refractivity contribution is 0.474. The van der Waals surface area contributed by atoms with Crippen LogP contribution in [0.15, 0.2) is 63.2 Å². The maximum absolute atomic E-state index is 12.0. The number of phenolic OH excluding ortho intramolecular Hbond substituents is 1. The predicted octanol–water partition coefficient (Wildman–Crippen LogP) is 2.98. The third-order valence-electron chi connectivity index (χ3n) is 3.09. The lowest BCUT2D eigenvalue weighted by atomic mass is 10.3. The second kappa shape index (κ2) is 5.71. The highest BCUT2D eigenvalue weighted by Gasteiger charge is 2.27. The largest absolute Gasteiger partial charge is 0.508 e. The van der Waals surface area contributed by atoms with E-state index in [0.29, 0.717) is 0 Å². The fraction of sp³-hybridized carbons (Fsp3) is 0.200. The summed E-state index contributed by atoms with van der Waals surface area (Å²) in [6.07, 6.45) is 1.84. The molecule has 3 rings (SSSR count). The van der Waals surface area contributed by atoms with Gasteiger partial charge >= 0.3 is 0 Å². The number of aromatic hydroxyl groups is 1. The number of nitrogens with one attached hydrogen (secondary N) is 1. The minimum absolute atomic E-state index is 0.108. The molecule has 0 unspecified atom stereocenters. The number of hydrogen-bond donors (Lipinski definition) is 2. The zero-order valence-corrected chi connectivity index (χ0v) is 12.8. The van der Waals surface area contributed by atoms with Gasteiger partial charge in [0.05, 0.1) is 4.90 Å². The van der Waals surface area contributed by atoms with Crippen LogP contribution in [-0.4, -0.2) is 19.6 Å². The monoisotopic (exact) mass is 321 g/mol. The molecular formula is C15H15NO3S2. The van der Waals surface area contributed by atoms with Crippen LogP contribution in [0.5, 0.6) is 5.75 Å². The standard InChI is InChI=1S/C15H15NO3S2/c17-12-2-1-3-14(10-12)20-13-6-8-15(9-7-13)21(18,19)16-11-4-5-11/h1-3,6-11,16-17H,4-5H2. The van der Waals surface area contributed by atoms with Crippen molar-refractivity contribution in [1.29, 1.82) is 0 Å². The molecule has 2 N–H and O–H groups in total. The molecule has 0 spiro atoms. The van der Waals surface area contributed by atoms with E-state index in [0.717, 1.165) is 22.6 Å². The van der Waals surface area contributed by atoms with Gasteiger partial charge < -0.3 is 5.11 Å². The van der Waals surface area contributed by atoms with Crippen LogP contribution in [0.3, 0.4) is 0 Å². The van der Waals surface area contributed by atoms with Crippen molar-refractivity contribution in [1.82, 2.24) is 4.72 Å². The summed E-state index contributed by atoms with van der Waals surface area (Å²) in [5.41, 5.74) is 0. The summed E-state index contributed by atoms with van der Waals surface area (Å²) >= 11 is 1.47. The topological polar surface area (TPSA) is 66.4 Å². The highest BCUT2D eigenvalue weighted by molar-refractivity contribution is 7.99. The fourth-order valence-electron chi connectivity index (χ4n) is 1.86. The van der Waals surface area contributed by atoms with Crippen molar-refractivity contribution in [2.45, 2.75) is 33.6 Å². The summed E-state index contributed by atoms with van der Waals surface area (Å²) in [5, 5.41) is 9.43. The third-order valence-corrected chi connectivity index (χ3v) is 5.62. The second-order valence-corrected chi connectivity index (χ2v) is 7.83. The van der Waals surface area contributed by atoms with E-state index >= 15 is 0 Å². The van der Waals surface area contributed by atoms with E-state index in [9.17, 15) is 13.5 Å². The van der Waals surface area contributed by atoms with Crippen LogP contribution in [0.25, 0.3) is 0 Å². The van der Waals surface area contributed by atoms with Gasteiger partial charge in [0.15, 0.2) is 0 Å². The van der Waals surface area contributed by atoms with E-state index in [1.165, 1.54) is 11.8 Å². The Morgan fingerprint density at radius 1 is 1.05 bits per heavy atom. The average Bonchev–Trinajstić information content (AvgIpc) is 3.23. The number of phenols is 1. The SMILES string of the molecule is O=S(=O)(NC1CC1)c1ccc(Sc2cccc(O)c2)cc1. The first-order valence-corrected chi connectivity index (χ1v) is 8.92. The van der Waals surface area contributed by atoms with Crippen molar-refractivity contribution >= 4 is 21.8 Å². The van der Waals surface area contributed by atoms with E-state index < -0.39 is 10.0 Å². The maximum atomic E-state index is 12.0. The van der Waals surface area contributed by atoms with Crippen LogP contribution in [0.2, 0.25) is 0 Å². The van der Waals surface area contributed by atoms with Gasteiger partial charge in [-0.15, -0.1) is 0 Å². The summed E-state index contributed by atoms with van der Waals surface area (Å²) < 4.78 is 26.7. The van der Waals surface area contributed by atoms with Crippen molar-refractivity contribution in [3.63, 3.8) is 0 Å². The zero-order chi connectivity index (χ0) is 14.9. The number of rotatable bonds is 5. The number of hydrogen-bond acceptors (Lipinski definition) is 4. The van der Waals surface area contributed by atoms with Gasteiger partial charge in [-0.05, 0) is 55.3 Å². The van der Waals surface area contributed by atoms with E-state index in [4.69, 9.17) is 0 Å². The minimum atomic E-state index is -3.39. The van der Waals surface area contributed by atoms with E-state index in [1.807, 2.05) is 6.07 Å². The van der Waals surface area contributed by atoms with E-state index in [-0.39, 0.29) is 16.7 Å². The van der Waals surface area contributed by atoms with Gasteiger partial charge in [-0.1, -0.05) is 17.8 Å². The predicted molar refractivity (Wildman–Crippen MR) is 82.0 cm³/mol. The fourth-order valence-corrected chi connectivity index (χ4v) is 4.03. The molecule has 0 amide bonds. The molecule has 21 heavy (non-hydrogen) atoms. The molecule has 1 saturated carbocycles. The lowest BCUT2D eigenvalue weighted by Crippen LogP contribution is -2.25. The lowest BCUT2D eigenvalue weighted by Gasteiger charge is -2.07. The number of sulfonamides is 1. The van der Waals surface area contributed by atoms with Gasteiger partial charge in [0.25, 0.3) is 0 Å². The molecule has 0 aliphatic heterocycles. The Balaban J connectivity index is 1.74. The molecule has 0 bridgehead atoms. The average molecular weight is 321 g/mol. The molecule has 4 nitrogen and oxygen atoms in total. The van der Waals surface area contributed by atoms with Gasteiger partial charge in [0.1, 0.15) is 5.75 Å². The minimum Gasteiger partial charge on any atom is -0.508 e. The Kier molecular flexibility index (Phi) is 3.93. The summed E-state index contributed by atoms with van der Waals surface area (Å²) in [4.78, 5) is 2.11. The van der Waals surface area contributed by atoms with Crippen LogP contribution in [0.1, 0.15) is 12.8 Å². The molecule has 110 valence electrons. The first-order valence-electron chi connectivity index (χ1n) is 6.62. The Hall–Kier alpha value is -1.50. The number of benzene rings is 2. The summed E-state index contributed by atoms with van der Waals surface area (Å²) in [6.45, 7) is 0. The van der Waals surface area contributed by atoms with E-state index in [2.05, 4.69) is 4.72 Å². The normalized spacial score (nSPS) is 15.0. The molecular weight excluding hydrogens is 306 g/mol. The molecule has 0 saturated heterocycles. The molecule has 6 heteroatoms. The first-order chi connectivity index (χ1) is 10.0. The quantitative estimate of drug-likeness (QED) is 0.888. The summed E-state index contributed by atoms with van der Waals surface area (Å²) in [6, 6.07) is 13.8. The maximum Gasteiger partial charge on any atom is 0.240 e. The third kappa shape index (κ3) is 3.78. The molecule has 0 aromatic heterocycles. The Morgan fingerprint density at radius 2 is 1.76 bits per heavy atom. The van der Waals surface area contributed by atoms with Crippen molar-refractivity contribution in [2.24, 2.45) is 0 Å². The molecule has 0 atom stereocenters. The Labute approximate surface area is 128 Å². The summed E-state index contributed by atoms with van der Waals surface area (Å²) in [7, 11) is -3.39. The molecule has 1 fully saturated rings. The van der Waals surface area contributed by atoms with Crippen molar-refractivity contribution in [3.8, 4) is 5.75 Å². The molecule has 1 aliphatic carbocycles. The van der Waals surface area contributed by atoms with Gasteiger partial charge in [-0.3, -0.25) is 0 Å². The van der Waals surface area contributed by atoms with Crippen LogP contribution in [0, 0.1) is 0 Å². The van der Waals surface area contributed by atoms with E-state index in [1.54, 1.807) is 42.5 Å². The zero-order valence-electron chi connectivity index (χ0n) is 11.2. The first kappa shape index (κ1) is 14.4. The highest BCUT2D eigenvalue weighted by atomic mass is 32.2. The van der Waals surface area contributed by atoms with Gasteiger partial charge in [-0.25, -0.2) is 13.1 Å². The van der Waals surface area contributed by atoms with Crippen molar-refractivity contribution < 1.29 is 13.5 Å². The summed E-state index contributed by atoms with van der Waals surface area (Å²) in [5.74, 6) is 0.216. The van der Waals surface area contributed by atoms with Crippen LogP contribution >= 0.6 is 11.8 Å². The molecule has 0 heterocycles. The smallest absolute Gasteiger partial charge is 0.240 e. The van der Waals surface area contributed by atoms with Crippen LogP contribution < -0.4 is 4.72 Å². The second-order valence-electron chi connectivity index (χ2n) is 4.97. The molecule has 0 radical (unpaired) electrons. The Bertz CT molecular complexity index is 738. The van der Waals surface area contributed by atoms with Gasteiger partial charge in [-0.2, -0.15) is 0 Å². The van der Waals surface area contributed by atoms with Crippen LogP contribution in [-0.2, 0) is 10.0 Å². The van der Waals surface area contributed by atoms with Crippen molar-refractivity contribution in [3.05, 3.63) is 48.5 Å². The highest BCUT2D eigenvalue weighted by Crippen LogP contribution is 2.30. The van der Waals surface area contributed by atoms with Gasteiger partial charge in [0.2, 0.25) is 10.0 Å². The molecule has 2 aromatic carbocycles.